The first-order valence-corrected chi connectivity index (χ1v) is 9.74. The molecule has 32 heavy (non-hydrogen) atoms. The van der Waals surface area contributed by atoms with E-state index in [0.29, 0.717) is 48.5 Å². The molecule has 3 rings (SSSR count). The minimum absolute atomic E-state index is 0.159. The average molecular weight is 426 g/mol. The van der Waals surface area contributed by atoms with Crippen LogP contribution in [0.5, 0.6) is 0 Å². The first kappa shape index (κ1) is 22.0. The highest BCUT2D eigenvalue weighted by atomic mass is 15.4. The minimum Gasteiger partial charge on any atom is -0.365 e. The number of hydrogen-bond acceptors (Lipinski definition) is 9. The molecule has 2 N–H and O–H groups in total. The SMILES string of the molecule is C=CCNc1nc(CC=C)c(N=Nc2nn(-c3ccccn3)cc2C#N)c(NCC=C)n1. The molecule has 0 aliphatic heterocycles. The average Bonchev–Trinajstić information content (AvgIpc) is 3.24. The Labute approximate surface area is 185 Å². The Morgan fingerprint density at radius 1 is 1.06 bits per heavy atom. The van der Waals surface area contributed by atoms with E-state index < -0.39 is 0 Å². The highest BCUT2D eigenvalue weighted by molar-refractivity contribution is 5.66. The van der Waals surface area contributed by atoms with Gasteiger partial charge in [-0.25, -0.2) is 14.6 Å². The summed E-state index contributed by atoms with van der Waals surface area (Å²) in [6.45, 7) is 12.2. The lowest BCUT2D eigenvalue weighted by molar-refractivity contribution is 0.843. The van der Waals surface area contributed by atoms with Gasteiger partial charge in [-0.15, -0.1) is 35.1 Å². The molecule has 3 heterocycles. The smallest absolute Gasteiger partial charge is 0.225 e. The van der Waals surface area contributed by atoms with Crippen LogP contribution in [0.15, 0.2) is 78.8 Å². The monoisotopic (exact) mass is 426 g/mol. The van der Waals surface area contributed by atoms with E-state index >= 15 is 0 Å². The van der Waals surface area contributed by atoms with Crippen LogP contribution in [0, 0.1) is 11.3 Å². The number of nitrogens with zero attached hydrogens (tertiary/aromatic N) is 8. The highest BCUT2D eigenvalue weighted by Crippen LogP contribution is 2.31. The number of allylic oxidation sites excluding steroid dienone is 1. The van der Waals surface area contributed by atoms with E-state index in [1.807, 2.05) is 6.07 Å². The number of nitriles is 1. The van der Waals surface area contributed by atoms with E-state index in [1.54, 1.807) is 42.8 Å². The molecular weight excluding hydrogens is 404 g/mol. The molecule has 0 radical (unpaired) electrons. The van der Waals surface area contributed by atoms with Gasteiger partial charge >= 0.3 is 0 Å². The standard InChI is InChI=1S/C22H22N10/c1-4-9-17-19(21(25-11-5-2)28-22(27-17)26-12-6-3)29-30-20-16(14-23)15-32(31-20)18-10-7-8-13-24-18/h4-8,10,13,15H,1-3,9,11-12H2,(H2,25,26,27,28). The van der Waals surface area contributed by atoms with Gasteiger partial charge in [-0.2, -0.15) is 10.2 Å². The van der Waals surface area contributed by atoms with E-state index in [4.69, 9.17) is 0 Å². The van der Waals surface area contributed by atoms with Crippen molar-refractivity contribution < 1.29 is 0 Å². The van der Waals surface area contributed by atoms with Crippen molar-refractivity contribution in [2.75, 3.05) is 23.7 Å². The zero-order chi connectivity index (χ0) is 22.8. The predicted molar refractivity (Wildman–Crippen MR) is 124 cm³/mol. The number of anilines is 2. The third kappa shape index (κ3) is 5.28. The van der Waals surface area contributed by atoms with Crippen molar-refractivity contribution in [2.24, 2.45) is 10.2 Å². The normalized spacial score (nSPS) is 10.5. The Morgan fingerprint density at radius 3 is 2.56 bits per heavy atom. The number of pyridine rings is 1. The maximum atomic E-state index is 9.50. The first-order chi connectivity index (χ1) is 15.7. The van der Waals surface area contributed by atoms with Crippen LogP contribution in [0.2, 0.25) is 0 Å². The van der Waals surface area contributed by atoms with Crippen LogP contribution >= 0.6 is 0 Å². The second-order valence-electron chi connectivity index (χ2n) is 6.33. The first-order valence-electron chi connectivity index (χ1n) is 9.74. The number of hydrogen-bond donors (Lipinski definition) is 2. The number of azo groups is 1. The van der Waals surface area contributed by atoms with Crippen LogP contribution in [0.4, 0.5) is 23.3 Å². The molecule has 0 fully saturated rings. The van der Waals surface area contributed by atoms with Gasteiger partial charge in [-0.3, -0.25) is 0 Å². The fourth-order valence-electron chi connectivity index (χ4n) is 2.64. The van der Waals surface area contributed by atoms with Crippen molar-refractivity contribution in [3.63, 3.8) is 0 Å². The molecule has 10 nitrogen and oxygen atoms in total. The Kier molecular flexibility index (Phi) is 7.53. The molecule has 0 saturated carbocycles. The molecule has 0 aromatic carbocycles. The molecule has 0 saturated heterocycles. The lowest BCUT2D eigenvalue weighted by Gasteiger charge is -2.12. The Bertz CT molecular complexity index is 1170. The van der Waals surface area contributed by atoms with E-state index in [-0.39, 0.29) is 11.4 Å². The predicted octanol–water partition coefficient (Wildman–Crippen LogP) is 4.27. The molecule has 0 amide bonds. The summed E-state index contributed by atoms with van der Waals surface area (Å²) in [6, 6.07) is 7.48. The molecule has 10 heteroatoms. The van der Waals surface area contributed by atoms with Crippen LogP contribution in [-0.2, 0) is 6.42 Å². The lowest BCUT2D eigenvalue weighted by Crippen LogP contribution is -2.09. The quantitative estimate of drug-likeness (QED) is 0.346. The molecule has 0 atom stereocenters. The fourth-order valence-corrected chi connectivity index (χ4v) is 2.64. The Balaban J connectivity index is 2.03. The topological polar surface area (TPSA) is 129 Å². The third-order valence-corrected chi connectivity index (χ3v) is 4.06. The van der Waals surface area contributed by atoms with E-state index in [1.165, 1.54) is 4.68 Å². The summed E-state index contributed by atoms with van der Waals surface area (Å²) in [4.78, 5) is 13.2. The summed E-state index contributed by atoms with van der Waals surface area (Å²) in [5, 5.41) is 28.6. The Morgan fingerprint density at radius 2 is 1.88 bits per heavy atom. The van der Waals surface area contributed by atoms with Gasteiger partial charge < -0.3 is 10.6 Å². The molecule has 0 aliphatic rings. The molecule has 0 unspecified atom stereocenters. The molecule has 0 aliphatic carbocycles. The van der Waals surface area contributed by atoms with Gasteiger partial charge in [0, 0.05) is 25.7 Å². The van der Waals surface area contributed by atoms with Crippen LogP contribution < -0.4 is 10.6 Å². The summed E-state index contributed by atoms with van der Waals surface area (Å²) < 4.78 is 1.48. The summed E-state index contributed by atoms with van der Waals surface area (Å²) in [5.41, 5.74) is 1.29. The maximum Gasteiger partial charge on any atom is 0.225 e. The maximum absolute atomic E-state index is 9.50. The van der Waals surface area contributed by atoms with Crippen molar-refractivity contribution in [1.29, 1.82) is 5.26 Å². The third-order valence-electron chi connectivity index (χ3n) is 4.06. The van der Waals surface area contributed by atoms with Crippen molar-refractivity contribution in [2.45, 2.75) is 6.42 Å². The van der Waals surface area contributed by atoms with Crippen molar-refractivity contribution in [3.8, 4) is 11.9 Å². The second-order valence-corrected chi connectivity index (χ2v) is 6.33. The van der Waals surface area contributed by atoms with Gasteiger partial charge in [-0.05, 0) is 12.1 Å². The van der Waals surface area contributed by atoms with Crippen molar-refractivity contribution in [3.05, 3.63) is 79.8 Å². The summed E-state index contributed by atoms with van der Waals surface area (Å²) in [6.07, 6.45) is 8.76. The van der Waals surface area contributed by atoms with E-state index in [2.05, 4.69) is 66.7 Å². The summed E-state index contributed by atoms with van der Waals surface area (Å²) in [5.74, 6) is 1.61. The second kappa shape index (κ2) is 10.9. The fraction of sp³-hybridized carbons (Fsp3) is 0.136. The number of nitrogens with one attached hydrogen (secondary N) is 2. The molecule has 3 aromatic heterocycles. The molecule has 0 spiro atoms. The van der Waals surface area contributed by atoms with Crippen molar-refractivity contribution in [1.82, 2.24) is 24.7 Å². The zero-order valence-electron chi connectivity index (χ0n) is 17.4. The lowest BCUT2D eigenvalue weighted by atomic mass is 10.2. The summed E-state index contributed by atoms with van der Waals surface area (Å²) >= 11 is 0. The summed E-state index contributed by atoms with van der Waals surface area (Å²) in [7, 11) is 0. The van der Waals surface area contributed by atoms with E-state index in [0.717, 1.165) is 0 Å². The van der Waals surface area contributed by atoms with Crippen LogP contribution in [0.25, 0.3) is 5.82 Å². The van der Waals surface area contributed by atoms with Crippen LogP contribution in [-0.4, -0.2) is 37.8 Å². The largest absolute Gasteiger partial charge is 0.365 e. The van der Waals surface area contributed by atoms with Crippen molar-refractivity contribution >= 4 is 23.3 Å². The van der Waals surface area contributed by atoms with Gasteiger partial charge in [-0.1, -0.05) is 24.3 Å². The molecule has 3 aromatic rings. The Hall–Kier alpha value is -4.65. The van der Waals surface area contributed by atoms with Gasteiger partial charge in [0.05, 0.1) is 11.9 Å². The minimum atomic E-state index is 0.159. The molecular formula is C22H22N10. The van der Waals surface area contributed by atoms with Gasteiger partial charge in [0.25, 0.3) is 0 Å². The highest BCUT2D eigenvalue weighted by Gasteiger charge is 2.15. The zero-order valence-corrected chi connectivity index (χ0v) is 17.4. The molecule has 160 valence electrons. The number of rotatable bonds is 11. The van der Waals surface area contributed by atoms with E-state index in [9.17, 15) is 5.26 Å². The van der Waals surface area contributed by atoms with Crippen LogP contribution in [0.1, 0.15) is 11.3 Å². The van der Waals surface area contributed by atoms with Crippen LogP contribution in [0.3, 0.4) is 0 Å². The molecule has 0 bridgehead atoms. The van der Waals surface area contributed by atoms with Gasteiger partial charge in [0.2, 0.25) is 11.8 Å². The van der Waals surface area contributed by atoms with Gasteiger partial charge in [0.15, 0.2) is 11.6 Å². The van der Waals surface area contributed by atoms with Gasteiger partial charge in [0.1, 0.15) is 17.3 Å². The number of aromatic nitrogens is 5.